The minimum atomic E-state index is -0.00257. The van der Waals surface area contributed by atoms with Crippen molar-refractivity contribution in [2.75, 3.05) is 31.1 Å². The largest absolute Gasteiger partial charge is 0.368 e. The number of pyridine rings is 1. The normalized spacial score (nSPS) is 18.4. The fourth-order valence-corrected chi connectivity index (χ4v) is 4.71. The summed E-state index contributed by atoms with van der Waals surface area (Å²) in [5.74, 6) is 0.242. The molecule has 1 atom stereocenters. The highest BCUT2D eigenvalue weighted by molar-refractivity contribution is 5.92. The van der Waals surface area contributed by atoms with Gasteiger partial charge in [0.1, 0.15) is 5.69 Å². The molecule has 1 aliphatic carbocycles. The predicted octanol–water partition coefficient (Wildman–Crippen LogP) is 3.84. The number of hydrogen-bond acceptors (Lipinski definition) is 5. The summed E-state index contributed by atoms with van der Waals surface area (Å²) in [6.45, 7) is 2.91. The first-order valence-electron chi connectivity index (χ1n) is 11.3. The molecule has 33 heavy (non-hydrogen) atoms. The molecule has 0 bridgehead atoms. The number of piperazine rings is 1. The molecule has 0 radical (unpaired) electrons. The number of imidazole rings is 1. The average molecular weight is 437 g/mol. The van der Waals surface area contributed by atoms with Crippen molar-refractivity contribution in [3.05, 3.63) is 90.7 Å². The van der Waals surface area contributed by atoms with Gasteiger partial charge in [-0.3, -0.25) is 14.2 Å². The number of amides is 1. The first-order valence-corrected chi connectivity index (χ1v) is 11.3. The summed E-state index contributed by atoms with van der Waals surface area (Å²) >= 11 is 0. The lowest BCUT2D eigenvalue weighted by Crippen LogP contribution is -2.49. The Morgan fingerprint density at radius 1 is 0.970 bits per heavy atom. The lowest BCUT2D eigenvalue weighted by atomic mass is 9.97. The SMILES string of the molecule is O=C(c1ccccn1)N1CCN(c2ccc3nc(C4C=CC=CC4)c4nccn4c3c2)CC1. The number of allylic oxidation sites excluding steroid dienone is 4. The van der Waals surface area contributed by atoms with E-state index in [-0.39, 0.29) is 11.8 Å². The van der Waals surface area contributed by atoms with Gasteiger partial charge in [-0.15, -0.1) is 0 Å². The van der Waals surface area contributed by atoms with Crippen LogP contribution in [0.5, 0.6) is 0 Å². The van der Waals surface area contributed by atoms with E-state index in [2.05, 4.69) is 61.8 Å². The molecule has 1 fully saturated rings. The molecule has 1 saturated heterocycles. The van der Waals surface area contributed by atoms with Crippen molar-refractivity contribution in [2.45, 2.75) is 12.3 Å². The number of fused-ring (bicyclic) bond motifs is 3. The highest BCUT2D eigenvalue weighted by Crippen LogP contribution is 2.30. The van der Waals surface area contributed by atoms with Gasteiger partial charge in [0.2, 0.25) is 0 Å². The minimum Gasteiger partial charge on any atom is -0.368 e. The Hall–Kier alpha value is -4.00. The van der Waals surface area contributed by atoms with Crippen LogP contribution in [0.4, 0.5) is 5.69 Å². The second-order valence-electron chi connectivity index (χ2n) is 8.44. The molecule has 2 aliphatic rings. The van der Waals surface area contributed by atoms with Gasteiger partial charge in [-0.05, 0) is 36.8 Å². The quantitative estimate of drug-likeness (QED) is 0.488. The summed E-state index contributed by atoms with van der Waals surface area (Å²) in [6.07, 6.45) is 15.0. The highest BCUT2D eigenvalue weighted by atomic mass is 16.2. The molecule has 7 nitrogen and oxygen atoms in total. The monoisotopic (exact) mass is 436 g/mol. The van der Waals surface area contributed by atoms with E-state index >= 15 is 0 Å². The zero-order valence-corrected chi connectivity index (χ0v) is 18.2. The van der Waals surface area contributed by atoms with Crippen LogP contribution >= 0.6 is 0 Å². The maximum absolute atomic E-state index is 12.7. The maximum atomic E-state index is 12.7. The summed E-state index contributed by atoms with van der Waals surface area (Å²) in [5.41, 5.74) is 5.58. The van der Waals surface area contributed by atoms with Gasteiger partial charge in [-0.25, -0.2) is 9.97 Å². The van der Waals surface area contributed by atoms with E-state index < -0.39 is 0 Å². The van der Waals surface area contributed by atoms with E-state index in [0.29, 0.717) is 18.8 Å². The third kappa shape index (κ3) is 3.55. The molecule has 0 spiro atoms. The van der Waals surface area contributed by atoms with Gasteiger partial charge in [0.25, 0.3) is 5.91 Å². The number of nitrogens with zero attached hydrogens (tertiary/aromatic N) is 6. The molecule has 7 heteroatoms. The molecule has 1 aromatic carbocycles. The second-order valence-corrected chi connectivity index (χ2v) is 8.44. The van der Waals surface area contributed by atoms with Crippen LogP contribution in [0.2, 0.25) is 0 Å². The first kappa shape index (κ1) is 19.7. The van der Waals surface area contributed by atoms with Gasteiger partial charge in [-0.2, -0.15) is 0 Å². The standard InChI is InChI=1S/C26H24N6O/c33-26(22-8-4-5-11-27-22)31-16-14-30(15-17-31)20-9-10-21-23(18-20)32-13-12-28-25(32)24(29-21)19-6-2-1-3-7-19/h1-6,8-13,18-19H,7,14-17H2. The lowest BCUT2D eigenvalue weighted by molar-refractivity contribution is 0.0741. The van der Waals surface area contributed by atoms with Crippen LogP contribution in [0.15, 0.2) is 79.3 Å². The van der Waals surface area contributed by atoms with Crippen LogP contribution in [0.25, 0.3) is 16.7 Å². The fourth-order valence-electron chi connectivity index (χ4n) is 4.71. The van der Waals surface area contributed by atoms with E-state index in [9.17, 15) is 4.79 Å². The number of hydrogen-bond donors (Lipinski definition) is 0. The Labute approximate surface area is 191 Å². The summed E-state index contributed by atoms with van der Waals surface area (Å²) in [4.78, 5) is 30.8. The third-order valence-corrected chi connectivity index (χ3v) is 6.48. The first-order chi connectivity index (χ1) is 16.3. The number of aromatic nitrogens is 4. The Bertz CT molecular complexity index is 1380. The molecule has 1 aliphatic heterocycles. The molecular formula is C26H24N6O. The predicted molar refractivity (Wildman–Crippen MR) is 128 cm³/mol. The van der Waals surface area contributed by atoms with Crippen LogP contribution in [0, 0.1) is 0 Å². The molecule has 0 N–H and O–H groups in total. The molecule has 6 rings (SSSR count). The number of carbonyl (C=O) groups excluding carboxylic acids is 1. The Morgan fingerprint density at radius 3 is 2.67 bits per heavy atom. The number of benzene rings is 1. The minimum absolute atomic E-state index is 0.00257. The zero-order valence-electron chi connectivity index (χ0n) is 18.2. The van der Waals surface area contributed by atoms with Gasteiger partial charge in [0.15, 0.2) is 5.65 Å². The molecule has 3 aromatic heterocycles. The molecule has 164 valence electrons. The van der Waals surface area contributed by atoms with Crippen LogP contribution in [0.3, 0.4) is 0 Å². The average Bonchev–Trinajstić information content (AvgIpc) is 3.39. The van der Waals surface area contributed by atoms with Crippen molar-refractivity contribution in [3.63, 3.8) is 0 Å². The van der Waals surface area contributed by atoms with Crippen LogP contribution in [-0.2, 0) is 0 Å². The number of rotatable bonds is 3. The summed E-state index contributed by atoms with van der Waals surface area (Å²) in [6, 6.07) is 11.9. The van der Waals surface area contributed by atoms with Crippen molar-refractivity contribution in [1.29, 1.82) is 0 Å². The van der Waals surface area contributed by atoms with Crippen molar-refractivity contribution >= 4 is 28.3 Å². The van der Waals surface area contributed by atoms with Gasteiger partial charge in [-0.1, -0.05) is 30.4 Å². The van der Waals surface area contributed by atoms with E-state index in [4.69, 9.17) is 4.98 Å². The van der Waals surface area contributed by atoms with Crippen molar-refractivity contribution in [1.82, 2.24) is 24.3 Å². The summed E-state index contributed by atoms with van der Waals surface area (Å²) in [5, 5.41) is 0. The lowest BCUT2D eigenvalue weighted by Gasteiger charge is -2.36. The zero-order chi connectivity index (χ0) is 22.2. The second kappa shape index (κ2) is 8.16. The molecule has 4 heterocycles. The van der Waals surface area contributed by atoms with Gasteiger partial charge >= 0.3 is 0 Å². The third-order valence-electron chi connectivity index (χ3n) is 6.48. The van der Waals surface area contributed by atoms with Crippen LogP contribution < -0.4 is 4.90 Å². The van der Waals surface area contributed by atoms with Crippen molar-refractivity contribution < 1.29 is 4.79 Å². The Kier molecular flexibility index (Phi) is 4.87. The molecule has 4 aromatic rings. The number of carbonyl (C=O) groups is 1. The Morgan fingerprint density at radius 2 is 1.88 bits per heavy atom. The van der Waals surface area contributed by atoms with Gasteiger partial charge < -0.3 is 9.80 Å². The van der Waals surface area contributed by atoms with Gasteiger partial charge in [0, 0.05) is 56.4 Å². The van der Waals surface area contributed by atoms with E-state index in [0.717, 1.165) is 47.6 Å². The van der Waals surface area contributed by atoms with Gasteiger partial charge in [0.05, 0.1) is 16.7 Å². The highest BCUT2D eigenvalue weighted by Gasteiger charge is 2.24. The topological polar surface area (TPSA) is 66.6 Å². The van der Waals surface area contributed by atoms with Crippen molar-refractivity contribution in [2.24, 2.45) is 0 Å². The molecule has 1 amide bonds. The van der Waals surface area contributed by atoms with Crippen LogP contribution in [-0.4, -0.2) is 56.3 Å². The smallest absolute Gasteiger partial charge is 0.272 e. The van der Waals surface area contributed by atoms with Crippen molar-refractivity contribution in [3.8, 4) is 0 Å². The van der Waals surface area contributed by atoms with E-state index in [1.165, 1.54) is 0 Å². The number of anilines is 1. The maximum Gasteiger partial charge on any atom is 0.272 e. The molecule has 0 saturated carbocycles. The molecule has 1 unspecified atom stereocenters. The summed E-state index contributed by atoms with van der Waals surface area (Å²) < 4.78 is 2.15. The fraction of sp³-hybridized carbons (Fsp3) is 0.231. The van der Waals surface area contributed by atoms with E-state index in [1.54, 1.807) is 12.3 Å². The van der Waals surface area contributed by atoms with E-state index in [1.807, 2.05) is 29.4 Å². The van der Waals surface area contributed by atoms with Crippen LogP contribution in [0.1, 0.15) is 28.5 Å². The Balaban J connectivity index is 1.27. The molecular weight excluding hydrogens is 412 g/mol. The summed E-state index contributed by atoms with van der Waals surface area (Å²) in [7, 11) is 0.